The van der Waals surface area contributed by atoms with Crippen molar-refractivity contribution in [3.8, 4) is 17.0 Å². The Bertz CT molecular complexity index is 750. The number of aromatic nitrogens is 2. The van der Waals surface area contributed by atoms with Crippen molar-refractivity contribution in [3.63, 3.8) is 0 Å². The molecule has 1 aromatic carbocycles. The highest BCUT2D eigenvalue weighted by molar-refractivity contribution is 5.99. The van der Waals surface area contributed by atoms with Crippen molar-refractivity contribution in [2.75, 3.05) is 26.7 Å². The second-order valence-corrected chi connectivity index (χ2v) is 7.31. The van der Waals surface area contributed by atoms with Crippen molar-refractivity contribution < 1.29 is 9.53 Å². The summed E-state index contributed by atoms with van der Waals surface area (Å²) >= 11 is 0. The van der Waals surface area contributed by atoms with Crippen LogP contribution in [0.15, 0.2) is 30.5 Å². The largest absolute Gasteiger partial charge is 0.497 e. The van der Waals surface area contributed by atoms with E-state index in [0.717, 1.165) is 55.4 Å². The fourth-order valence-electron chi connectivity index (χ4n) is 3.54. The van der Waals surface area contributed by atoms with E-state index >= 15 is 0 Å². The number of nitrogens with one attached hydrogen (secondary N) is 2. The van der Waals surface area contributed by atoms with Gasteiger partial charge < -0.3 is 15.0 Å². The summed E-state index contributed by atoms with van der Waals surface area (Å²) in [5.74, 6) is 1.75. The third-order valence-electron chi connectivity index (χ3n) is 5.42. The molecule has 27 heavy (non-hydrogen) atoms. The van der Waals surface area contributed by atoms with Gasteiger partial charge >= 0.3 is 0 Å². The maximum atomic E-state index is 13.0. The molecule has 0 bridgehead atoms. The van der Waals surface area contributed by atoms with Crippen molar-refractivity contribution in [2.45, 2.75) is 31.7 Å². The van der Waals surface area contributed by atoms with Crippen LogP contribution < -0.4 is 10.1 Å². The topological polar surface area (TPSA) is 70.2 Å². The van der Waals surface area contributed by atoms with Gasteiger partial charge in [0.25, 0.3) is 5.91 Å². The predicted octanol–water partition coefficient (Wildman–Crippen LogP) is 3.11. The van der Waals surface area contributed by atoms with Gasteiger partial charge in [-0.25, -0.2) is 0 Å². The second kappa shape index (κ2) is 8.76. The Morgan fingerprint density at radius 1 is 1.22 bits per heavy atom. The smallest absolute Gasteiger partial charge is 0.257 e. The number of aromatic amines is 1. The molecule has 1 saturated carbocycles. The van der Waals surface area contributed by atoms with Crippen LogP contribution in [0, 0.1) is 5.92 Å². The summed E-state index contributed by atoms with van der Waals surface area (Å²) < 4.78 is 5.20. The third kappa shape index (κ3) is 4.62. The molecule has 2 aromatic rings. The van der Waals surface area contributed by atoms with Crippen LogP contribution in [-0.2, 0) is 0 Å². The van der Waals surface area contributed by atoms with Gasteiger partial charge in [0, 0.05) is 24.7 Å². The molecule has 2 aliphatic rings. The van der Waals surface area contributed by atoms with Gasteiger partial charge in [0.1, 0.15) is 5.75 Å². The minimum atomic E-state index is 0. The molecule has 0 atom stereocenters. The van der Waals surface area contributed by atoms with E-state index in [9.17, 15) is 4.79 Å². The van der Waals surface area contributed by atoms with Crippen molar-refractivity contribution in [1.29, 1.82) is 0 Å². The molecule has 1 aliphatic heterocycles. The zero-order valence-electron chi connectivity index (χ0n) is 15.6. The highest BCUT2D eigenvalue weighted by Crippen LogP contribution is 2.28. The van der Waals surface area contributed by atoms with Crippen LogP contribution in [0.25, 0.3) is 11.3 Å². The van der Waals surface area contributed by atoms with Crippen molar-refractivity contribution in [1.82, 2.24) is 20.4 Å². The molecule has 1 aliphatic carbocycles. The van der Waals surface area contributed by atoms with Gasteiger partial charge in [-0.15, -0.1) is 12.4 Å². The van der Waals surface area contributed by atoms with E-state index in [-0.39, 0.29) is 18.3 Å². The number of likely N-dealkylation sites (tertiary alicyclic amines) is 1. The van der Waals surface area contributed by atoms with Gasteiger partial charge in [-0.2, -0.15) is 5.10 Å². The highest BCUT2D eigenvalue weighted by Gasteiger charge is 2.28. The lowest BCUT2D eigenvalue weighted by molar-refractivity contribution is 0.0706. The van der Waals surface area contributed by atoms with E-state index in [1.165, 1.54) is 12.8 Å². The molecule has 1 saturated heterocycles. The Morgan fingerprint density at radius 3 is 2.56 bits per heavy atom. The van der Waals surface area contributed by atoms with Crippen LogP contribution in [0.5, 0.6) is 5.75 Å². The first-order valence-corrected chi connectivity index (χ1v) is 9.45. The summed E-state index contributed by atoms with van der Waals surface area (Å²) in [6, 6.07) is 8.21. The van der Waals surface area contributed by atoms with E-state index in [2.05, 4.69) is 15.5 Å². The molecule has 1 amide bonds. The lowest BCUT2D eigenvalue weighted by Crippen LogP contribution is -2.45. The Labute approximate surface area is 166 Å². The quantitative estimate of drug-likeness (QED) is 0.795. The minimum absolute atomic E-state index is 0. The van der Waals surface area contributed by atoms with Gasteiger partial charge in [0.2, 0.25) is 0 Å². The van der Waals surface area contributed by atoms with Gasteiger partial charge in [0.05, 0.1) is 24.6 Å². The van der Waals surface area contributed by atoms with Crippen LogP contribution in [0.4, 0.5) is 0 Å². The van der Waals surface area contributed by atoms with Crippen LogP contribution in [0.1, 0.15) is 36.0 Å². The summed E-state index contributed by atoms with van der Waals surface area (Å²) in [7, 11) is 1.64. The number of carbonyl (C=O) groups is 1. The number of H-pyrrole nitrogens is 1. The molecule has 0 spiro atoms. The molecule has 6 nitrogen and oxygen atoms in total. The number of halogens is 1. The van der Waals surface area contributed by atoms with E-state index in [4.69, 9.17) is 4.74 Å². The number of methoxy groups -OCH3 is 1. The number of nitrogens with zero attached hydrogens (tertiary/aromatic N) is 2. The second-order valence-electron chi connectivity index (χ2n) is 7.31. The van der Waals surface area contributed by atoms with Crippen LogP contribution >= 0.6 is 12.4 Å². The Kier molecular flexibility index (Phi) is 6.39. The van der Waals surface area contributed by atoms with E-state index < -0.39 is 0 Å². The molecule has 2 heterocycles. The van der Waals surface area contributed by atoms with Gasteiger partial charge in [-0.1, -0.05) is 0 Å². The fourth-order valence-corrected chi connectivity index (χ4v) is 3.54. The van der Waals surface area contributed by atoms with E-state index in [1.807, 2.05) is 29.2 Å². The van der Waals surface area contributed by atoms with Gasteiger partial charge in [-0.3, -0.25) is 9.89 Å². The van der Waals surface area contributed by atoms with Gasteiger partial charge in [0.15, 0.2) is 0 Å². The lowest BCUT2D eigenvalue weighted by atomic mass is 10.0. The monoisotopic (exact) mass is 390 g/mol. The lowest BCUT2D eigenvalue weighted by Gasteiger charge is -2.32. The Morgan fingerprint density at radius 2 is 1.93 bits per heavy atom. The number of hydrogen-bond acceptors (Lipinski definition) is 4. The molecular weight excluding hydrogens is 364 g/mol. The average Bonchev–Trinajstić information content (AvgIpc) is 3.40. The van der Waals surface area contributed by atoms with Crippen molar-refractivity contribution in [3.05, 3.63) is 36.0 Å². The molecule has 7 heteroatoms. The van der Waals surface area contributed by atoms with Crippen LogP contribution in [0.3, 0.4) is 0 Å². The molecule has 0 unspecified atom stereocenters. The SMILES string of the molecule is COc1ccc(-c2[nH]ncc2C(=O)N2CCC(NCC3CC3)CC2)cc1.Cl. The van der Waals surface area contributed by atoms with Crippen LogP contribution in [0.2, 0.25) is 0 Å². The van der Waals surface area contributed by atoms with Gasteiger partial charge in [-0.05, 0) is 62.4 Å². The fraction of sp³-hybridized carbons (Fsp3) is 0.500. The average molecular weight is 391 g/mol. The Hall–Kier alpha value is -2.05. The normalized spacial score (nSPS) is 17.4. The maximum absolute atomic E-state index is 13.0. The zero-order valence-corrected chi connectivity index (χ0v) is 16.4. The number of piperidine rings is 1. The first-order chi connectivity index (χ1) is 12.7. The molecule has 2 N–H and O–H groups in total. The standard InChI is InChI=1S/C20H26N4O2.ClH/c1-26-17-6-4-15(5-7-17)19-18(13-22-23-19)20(25)24-10-8-16(9-11-24)21-12-14-2-3-14;/h4-7,13-14,16,21H,2-3,8-12H2,1H3,(H,22,23);1H. The van der Waals surface area contributed by atoms with Crippen molar-refractivity contribution in [2.24, 2.45) is 5.92 Å². The molecule has 146 valence electrons. The van der Waals surface area contributed by atoms with Crippen LogP contribution in [-0.4, -0.2) is 53.8 Å². The van der Waals surface area contributed by atoms with E-state index in [1.54, 1.807) is 13.3 Å². The first kappa shape index (κ1) is 19.7. The predicted molar refractivity (Wildman–Crippen MR) is 107 cm³/mol. The molecule has 2 fully saturated rings. The maximum Gasteiger partial charge on any atom is 0.257 e. The zero-order chi connectivity index (χ0) is 17.9. The summed E-state index contributed by atoms with van der Waals surface area (Å²) in [6.45, 7) is 2.74. The number of amides is 1. The molecule has 1 aromatic heterocycles. The number of carbonyl (C=O) groups excluding carboxylic acids is 1. The molecule has 4 rings (SSSR count). The van der Waals surface area contributed by atoms with E-state index in [0.29, 0.717) is 11.6 Å². The summed E-state index contributed by atoms with van der Waals surface area (Å²) in [5, 5.41) is 10.7. The molecule has 0 radical (unpaired) electrons. The first-order valence-electron chi connectivity index (χ1n) is 9.45. The highest BCUT2D eigenvalue weighted by atomic mass is 35.5. The molecular formula is C20H27ClN4O2. The number of hydrogen-bond donors (Lipinski definition) is 2. The summed E-state index contributed by atoms with van der Waals surface area (Å²) in [6.07, 6.45) is 6.43. The number of benzene rings is 1. The number of ether oxygens (including phenoxy) is 1. The summed E-state index contributed by atoms with van der Waals surface area (Å²) in [5.41, 5.74) is 2.35. The van der Waals surface area contributed by atoms with Crippen molar-refractivity contribution >= 4 is 18.3 Å². The third-order valence-corrected chi connectivity index (χ3v) is 5.42. The minimum Gasteiger partial charge on any atom is -0.497 e. The Balaban J connectivity index is 0.00000210. The number of rotatable bonds is 6. The summed E-state index contributed by atoms with van der Waals surface area (Å²) in [4.78, 5) is 14.9.